The summed E-state index contributed by atoms with van der Waals surface area (Å²) in [7, 11) is 0. The molecule has 0 fully saturated rings. The minimum Gasteiger partial charge on any atom is -0.306 e. The standard InChI is InChI=1S/C15H16F3NS/c1-3-6-19-15(10-7-9(2)20-8-10)11-4-5-12(16)14(18)13(11)17/h4-5,7-8,15,19H,3,6H2,1-2H3. The lowest BCUT2D eigenvalue weighted by Gasteiger charge is -2.19. The molecule has 0 aliphatic carbocycles. The van der Waals surface area contributed by atoms with Crippen molar-refractivity contribution in [2.24, 2.45) is 0 Å². The minimum absolute atomic E-state index is 0.134. The number of thiophene rings is 1. The van der Waals surface area contributed by atoms with E-state index in [4.69, 9.17) is 0 Å². The van der Waals surface area contributed by atoms with Gasteiger partial charge in [-0.05, 0) is 43.0 Å². The zero-order chi connectivity index (χ0) is 14.7. The van der Waals surface area contributed by atoms with E-state index >= 15 is 0 Å². The van der Waals surface area contributed by atoms with Crippen LogP contribution in [0.1, 0.15) is 35.4 Å². The van der Waals surface area contributed by atoms with Crippen molar-refractivity contribution in [2.75, 3.05) is 6.54 Å². The Kier molecular flexibility index (Phi) is 4.83. The van der Waals surface area contributed by atoms with Gasteiger partial charge in [0.1, 0.15) is 0 Å². The molecule has 5 heteroatoms. The van der Waals surface area contributed by atoms with E-state index in [0.29, 0.717) is 6.54 Å². The van der Waals surface area contributed by atoms with E-state index in [1.807, 2.05) is 25.3 Å². The van der Waals surface area contributed by atoms with Crippen molar-refractivity contribution in [3.8, 4) is 0 Å². The largest absolute Gasteiger partial charge is 0.306 e. The quantitative estimate of drug-likeness (QED) is 0.798. The van der Waals surface area contributed by atoms with Crippen LogP contribution in [-0.4, -0.2) is 6.54 Å². The molecule has 20 heavy (non-hydrogen) atoms. The molecule has 0 saturated carbocycles. The van der Waals surface area contributed by atoms with Gasteiger partial charge in [-0.25, -0.2) is 13.2 Å². The first-order valence-corrected chi connectivity index (χ1v) is 7.34. The Hall–Kier alpha value is -1.33. The molecule has 0 saturated heterocycles. The fourth-order valence-corrected chi connectivity index (χ4v) is 2.81. The fourth-order valence-electron chi connectivity index (χ4n) is 2.07. The molecule has 1 aromatic heterocycles. The predicted molar refractivity (Wildman–Crippen MR) is 75.5 cm³/mol. The van der Waals surface area contributed by atoms with E-state index in [1.54, 1.807) is 11.3 Å². The molecule has 2 aromatic rings. The van der Waals surface area contributed by atoms with Crippen LogP contribution in [0, 0.1) is 24.4 Å². The Morgan fingerprint density at radius 3 is 2.55 bits per heavy atom. The molecule has 1 N–H and O–H groups in total. The number of aryl methyl sites for hydroxylation is 1. The number of nitrogens with one attached hydrogen (secondary N) is 1. The monoisotopic (exact) mass is 299 g/mol. The van der Waals surface area contributed by atoms with Gasteiger partial charge >= 0.3 is 0 Å². The van der Waals surface area contributed by atoms with Gasteiger partial charge in [0.2, 0.25) is 0 Å². The van der Waals surface area contributed by atoms with Crippen LogP contribution in [0.5, 0.6) is 0 Å². The summed E-state index contributed by atoms with van der Waals surface area (Å²) in [6, 6.07) is 3.73. The van der Waals surface area contributed by atoms with Crippen LogP contribution in [0.3, 0.4) is 0 Å². The highest BCUT2D eigenvalue weighted by Gasteiger charge is 2.22. The summed E-state index contributed by atoms with van der Waals surface area (Å²) in [6.45, 7) is 4.61. The van der Waals surface area contributed by atoms with Crippen LogP contribution < -0.4 is 5.32 Å². The molecular formula is C15H16F3NS. The predicted octanol–water partition coefficient (Wildman–Crippen LogP) is 4.56. The Labute approximate surface area is 120 Å². The van der Waals surface area contributed by atoms with Crippen LogP contribution >= 0.6 is 11.3 Å². The van der Waals surface area contributed by atoms with Gasteiger partial charge in [-0.15, -0.1) is 11.3 Å². The van der Waals surface area contributed by atoms with Crippen molar-refractivity contribution in [1.29, 1.82) is 0 Å². The normalized spacial score (nSPS) is 12.7. The molecule has 0 aliphatic heterocycles. The van der Waals surface area contributed by atoms with Gasteiger partial charge in [0.15, 0.2) is 17.5 Å². The Bertz CT molecular complexity index is 595. The Balaban J connectivity index is 2.43. The van der Waals surface area contributed by atoms with Gasteiger partial charge in [-0.2, -0.15) is 0 Å². The van der Waals surface area contributed by atoms with Crippen LogP contribution in [-0.2, 0) is 0 Å². The van der Waals surface area contributed by atoms with Gasteiger partial charge in [-0.1, -0.05) is 13.0 Å². The van der Waals surface area contributed by atoms with E-state index < -0.39 is 23.5 Å². The molecule has 0 spiro atoms. The average Bonchev–Trinajstić information content (AvgIpc) is 2.85. The van der Waals surface area contributed by atoms with Gasteiger partial charge in [-0.3, -0.25) is 0 Å². The third kappa shape index (κ3) is 3.04. The van der Waals surface area contributed by atoms with Crippen molar-refractivity contribution in [2.45, 2.75) is 26.3 Å². The second-order valence-electron chi connectivity index (χ2n) is 4.64. The molecule has 1 heterocycles. The summed E-state index contributed by atoms with van der Waals surface area (Å²) >= 11 is 1.54. The van der Waals surface area contributed by atoms with E-state index in [1.165, 1.54) is 6.07 Å². The molecule has 1 unspecified atom stereocenters. The third-order valence-electron chi connectivity index (χ3n) is 3.06. The summed E-state index contributed by atoms with van der Waals surface area (Å²) in [6.07, 6.45) is 0.866. The first-order valence-electron chi connectivity index (χ1n) is 6.46. The van der Waals surface area contributed by atoms with E-state index in [2.05, 4.69) is 5.32 Å². The summed E-state index contributed by atoms with van der Waals surface area (Å²) < 4.78 is 40.4. The molecule has 0 amide bonds. The molecule has 0 aliphatic rings. The summed E-state index contributed by atoms with van der Waals surface area (Å²) in [5.74, 6) is -3.71. The fraction of sp³-hybridized carbons (Fsp3) is 0.333. The summed E-state index contributed by atoms with van der Waals surface area (Å²) in [5.41, 5.74) is 1.00. The lowest BCUT2D eigenvalue weighted by molar-refractivity contribution is 0.432. The van der Waals surface area contributed by atoms with Crippen LogP contribution in [0.4, 0.5) is 13.2 Å². The maximum atomic E-state index is 14.0. The topological polar surface area (TPSA) is 12.0 Å². The molecule has 1 nitrogen and oxygen atoms in total. The molecule has 2 rings (SSSR count). The highest BCUT2D eigenvalue weighted by Crippen LogP contribution is 2.29. The first-order chi connectivity index (χ1) is 9.54. The van der Waals surface area contributed by atoms with E-state index in [-0.39, 0.29) is 5.56 Å². The number of benzene rings is 1. The number of hydrogen-bond donors (Lipinski definition) is 1. The first kappa shape index (κ1) is 15.1. The molecular weight excluding hydrogens is 283 g/mol. The van der Waals surface area contributed by atoms with Crippen LogP contribution in [0.15, 0.2) is 23.6 Å². The summed E-state index contributed by atoms with van der Waals surface area (Å²) in [4.78, 5) is 1.09. The Morgan fingerprint density at radius 2 is 1.95 bits per heavy atom. The highest BCUT2D eigenvalue weighted by molar-refractivity contribution is 7.10. The highest BCUT2D eigenvalue weighted by atomic mass is 32.1. The zero-order valence-electron chi connectivity index (χ0n) is 11.3. The Morgan fingerprint density at radius 1 is 1.20 bits per heavy atom. The lowest BCUT2D eigenvalue weighted by atomic mass is 9.99. The second kappa shape index (κ2) is 6.41. The van der Waals surface area contributed by atoms with Crippen LogP contribution in [0.25, 0.3) is 0 Å². The van der Waals surface area contributed by atoms with Crippen molar-refractivity contribution in [3.05, 3.63) is 57.0 Å². The maximum Gasteiger partial charge on any atom is 0.194 e. The van der Waals surface area contributed by atoms with Gasteiger partial charge in [0, 0.05) is 10.4 Å². The number of rotatable bonds is 5. The number of hydrogen-bond acceptors (Lipinski definition) is 2. The smallest absolute Gasteiger partial charge is 0.194 e. The van der Waals surface area contributed by atoms with Gasteiger partial charge in [0.05, 0.1) is 6.04 Å². The van der Waals surface area contributed by atoms with Crippen molar-refractivity contribution in [1.82, 2.24) is 5.32 Å². The average molecular weight is 299 g/mol. The van der Waals surface area contributed by atoms with Gasteiger partial charge < -0.3 is 5.32 Å². The molecule has 1 aromatic carbocycles. The third-order valence-corrected chi connectivity index (χ3v) is 3.94. The van der Waals surface area contributed by atoms with Gasteiger partial charge in [0.25, 0.3) is 0 Å². The maximum absolute atomic E-state index is 14.0. The van der Waals surface area contributed by atoms with E-state index in [9.17, 15) is 13.2 Å². The zero-order valence-corrected chi connectivity index (χ0v) is 12.2. The van der Waals surface area contributed by atoms with E-state index in [0.717, 1.165) is 22.9 Å². The molecule has 0 bridgehead atoms. The van der Waals surface area contributed by atoms with Crippen molar-refractivity contribution in [3.63, 3.8) is 0 Å². The minimum atomic E-state index is -1.42. The second-order valence-corrected chi connectivity index (χ2v) is 5.76. The van der Waals surface area contributed by atoms with Crippen molar-refractivity contribution < 1.29 is 13.2 Å². The number of halogens is 3. The van der Waals surface area contributed by atoms with Crippen molar-refractivity contribution >= 4 is 11.3 Å². The molecule has 0 radical (unpaired) electrons. The molecule has 1 atom stereocenters. The summed E-state index contributed by atoms with van der Waals surface area (Å²) in [5, 5.41) is 5.09. The van der Waals surface area contributed by atoms with Crippen LogP contribution in [0.2, 0.25) is 0 Å². The lowest BCUT2D eigenvalue weighted by Crippen LogP contribution is -2.24. The SMILES string of the molecule is CCCNC(c1csc(C)c1)c1ccc(F)c(F)c1F. The molecule has 108 valence electrons.